The number of carboxylic acid groups (broad SMARTS) is 1. The smallest absolute Gasteiger partial charge is 0.352 e. The molecule has 2 rings (SSSR count). The van der Waals surface area contributed by atoms with Gasteiger partial charge >= 0.3 is 5.97 Å². The van der Waals surface area contributed by atoms with Gasteiger partial charge in [0.15, 0.2) is 0 Å². The second-order valence-corrected chi connectivity index (χ2v) is 4.08. The summed E-state index contributed by atoms with van der Waals surface area (Å²) in [5.74, 6) is -1.34. The highest BCUT2D eigenvalue weighted by Gasteiger charge is 2.17. The molecule has 0 unspecified atom stereocenters. The fourth-order valence-electron chi connectivity index (χ4n) is 2.17. The van der Waals surface area contributed by atoms with Gasteiger partial charge in [-0.05, 0) is 37.6 Å². The van der Waals surface area contributed by atoms with E-state index in [1.54, 1.807) is 16.7 Å². The van der Waals surface area contributed by atoms with Crippen LogP contribution >= 0.6 is 0 Å². The summed E-state index contributed by atoms with van der Waals surface area (Å²) in [5, 5.41) is 9.08. The molecular weight excluding hydrogens is 233 g/mol. The monoisotopic (exact) mass is 247 g/mol. The van der Waals surface area contributed by atoms with Crippen LogP contribution in [0.4, 0.5) is 4.39 Å². The Kier molecular flexibility index (Phi) is 3.19. The molecule has 94 valence electrons. The molecule has 1 heterocycles. The second-order valence-electron chi connectivity index (χ2n) is 4.08. The number of carboxylic acids is 1. The SMILES string of the molecule is CCn1c(C(=O)O)ccc1-c1c(C)cccc1F. The Balaban J connectivity index is 2.68. The van der Waals surface area contributed by atoms with E-state index in [-0.39, 0.29) is 11.5 Å². The normalized spacial score (nSPS) is 10.6. The van der Waals surface area contributed by atoms with Gasteiger partial charge in [0.05, 0.1) is 5.69 Å². The van der Waals surface area contributed by atoms with E-state index in [1.165, 1.54) is 12.1 Å². The lowest BCUT2D eigenvalue weighted by Crippen LogP contribution is -2.09. The molecule has 2 aromatic rings. The number of carbonyl (C=O) groups is 1. The van der Waals surface area contributed by atoms with E-state index in [2.05, 4.69) is 0 Å². The van der Waals surface area contributed by atoms with Crippen molar-refractivity contribution in [3.63, 3.8) is 0 Å². The van der Waals surface area contributed by atoms with Gasteiger partial charge in [-0.2, -0.15) is 0 Å². The van der Waals surface area contributed by atoms with Gasteiger partial charge in [0.25, 0.3) is 0 Å². The average molecular weight is 247 g/mol. The van der Waals surface area contributed by atoms with Crippen molar-refractivity contribution >= 4 is 5.97 Å². The van der Waals surface area contributed by atoms with E-state index in [0.29, 0.717) is 17.8 Å². The molecule has 4 heteroatoms. The van der Waals surface area contributed by atoms with Crippen molar-refractivity contribution in [1.82, 2.24) is 4.57 Å². The highest BCUT2D eigenvalue weighted by Crippen LogP contribution is 2.28. The first kappa shape index (κ1) is 12.4. The van der Waals surface area contributed by atoms with E-state index in [9.17, 15) is 9.18 Å². The first-order chi connectivity index (χ1) is 8.56. The molecule has 0 bridgehead atoms. The van der Waals surface area contributed by atoms with Crippen LogP contribution < -0.4 is 0 Å². The van der Waals surface area contributed by atoms with Crippen LogP contribution in [0.25, 0.3) is 11.3 Å². The summed E-state index contributed by atoms with van der Waals surface area (Å²) >= 11 is 0. The molecule has 0 atom stereocenters. The zero-order valence-corrected chi connectivity index (χ0v) is 10.3. The van der Waals surface area contributed by atoms with Crippen LogP contribution in [0.3, 0.4) is 0 Å². The van der Waals surface area contributed by atoms with Crippen molar-refractivity contribution in [2.24, 2.45) is 0 Å². The molecule has 0 saturated carbocycles. The topological polar surface area (TPSA) is 42.2 Å². The minimum Gasteiger partial charge on any atom is -0.477 e. The molecule has 1 aromatic heterocycles. The lowest BCUT2D eigenvalue weighted by molar-refractivity contribution is 0.0685. The van der Waals surface area contributed by atoms with Crippen LogP contribution in [0, 0.1) is 12.7 Å². The van der Waals surface area contributed by atoms with Crippen molar-refractivity contribution in [2.45, 2.75) is 20.4 Å². The third kappa shape index (κ3) is 1.90. The van der Waals surface area contributed by atoms with E-state index >= 15 is 0 Å². The summed E-state index contributed by atoms with van der Waals surface area (Å²) in [6, 6.07) is 8.00. The summed E-state index contributed by atoms with van der Waals surface area (Å²) in [7, 11) is 0. The summed E-state index contributed by atoms with van der Waals surface area (Å²) in [4.78, 5) is 11.1. The minimum atomic E-state index is -1.00. The number of rotatable bonds is 3. The van der Waals surface area contributed by atoms with E-state index < -0.39 is 5.97 Å². The fraction of sp³-hybridized carbons (Fsp3) is 0.214. The van der Waals surface area contributed by atoms with Crippen LogP contribution in [0.1, 0.15) is 23.0 Å². The quantitative estimate of drug-likeness (QED) is 0.904. The van der Waals surface area contributed by atoms with Crippen LogP contribution in [0.15, 0.2) is 30.3 Å². The molecule has 0 aliphatic carbocycles. The Morgan fingerprint density at radius 3 is 2.61 bits per heavy atom. The van der Waals surface area contributed by atoms with Gasteiger partial charge in [-0.3, -0.25) is 0 Å². The van der Waals surface area contributed by atoms with Crippen LogP contribution in [-0.2, 0) is 6.54 Å². The van der Waals surface area contributed by atoms with Gasteiger partial charge in [-0.25, -0.2) is 9.18 Å². The van der Waals surface area contributed by atoms with Crippen LogP contribution in [0.2, 0.25) is 0 Å². The maximum Gasteiger partial charge on any atom is 0.352 e. The van der Waals surface area contributed by atoms with Crippen molar-refractivity contribution in [3.05, 3.63) is 47.4 Å². The minimum absolute atomic E-state index is 0.176. The molecule has 1 N–H and O–H groups in total. The molecule has 0 spiro atoms. The van der Waals surface area contributed by atoms with E-state index in [1.807, 2.05) is 19.9 Å². The number of benzene rings is 1. The van der Waals surface area contributed by atoms with Gasteiger partial charge in [-0.1, -0.05) is 12.1 Å². The Bertz CT molecular complexity index is 582. The Hall–Kier alpha value is -2.10. The second kappa shape index (κ2) is 4.64. The van der Waals surface area contributed by atoms with Gasteiger partial charge in [0, 0.05) is 12.1 Å². The Labute approximate surface area is 104 Å². The predicted octanol–water partition coefficient (Wildman–Crippen LogP) is 3.32. The number of aromatic carboxylic acids is 1. The van der Waals surface area contributed by atoms with E-state index in [4.69, 9.17) is 5.11 Å². The number of hydrogen-bond acceptors (Lipinski definition) is 1. The standard InChI is InChI=1S/C14H14FNO2/c1-3-16-11(7-8-12(16)14(17)18)13-9(2)5-4-6-10(13)15/h4-8H,3H2,1-2H3,(H,17,18). The molecule has 3 nitrogen and oxygen atoms in total. The Morgan fingerprint density at radius 2 is 2.06 bits per heavy atom. The summed E-state index contributed by atoms with van der Waals surface area (Å²) in [6.07, 6.45) is 0. The highest BCUT2D eigenvalue weighted by atomic mass is 19.1. The molecule has 0 saturated heterocycles. The number of hydrogen-bond donors (Lipinski definition) is 1. The average Bonchev–Trinajstić information content (AvgIpc) is 2.72. The third-order valence-electron chi connectivity index (χ3n) is 2.99. The first-order valence-electron chi connectivity index (χ1n) is 5.74. The zero-order valence-electron chi connectivity index (χ0n) is 10.3. The van der Waals surface area contributed by atoms with Crippen molar-refractivity contribution in [3.8, 4) is 11.3 Å². The number of nitrogens with zero attached hydrogens (tertiary/aromatic N) is 1. The van der Waals surface area contributed by atoms with Crippen molar-refractivity contribution in [1.29, 1.82) is 0 Å². The maximum atomic E-state index is 13.9. The van der Waals surface area contributed by atoms with Gasteiger partial charge in [0.1, 0.15) is 11.5 Å². The molecular formula is C14H14FNO2. The molecule has 0 aliphatic rings. The third-order valence-corrected chi connectivity index (χ3v) is 2.99. The number of halogens is 1. The summed E-state index contributed by atoms with van der Waals surface area (Å²) < 4.78 is 15.5. The highest BCUT2D eigenvalue weighted by molar-refractivity contribution is 5.87. The fourth-order valence-corrected chi connectivity index (χ4v) is 2.17. The summed E-state index contributed by atoms with van der Waals surface area (Å²) in [6.45, 7) is 4.13. The lowest BCUT2D eigenvalue weighted by Gasteiger charge is -2.12. The van der Waals surface area contributed by atoms with Gasteiger partial charge in [0.2, 0.25) is 0 Å². The number of aromatic nitrogens is 1. The molecule has 1 aromatic carbocycles. The zero-order chi connectivity index (χ0) is 13.3. The van der Waals surface area contributed by atoms with E-state index in [0.717, 1.165) is 5.56 Å². The van der Waals surface area contributed by atoms with Gasteiger partial charge in [-0.15, -0.1) is 0 Å². The summed E-state index contributed by atoms with van der Waals surface area (Å²) in [5.41, 5.74) is 2.03. The number of aryl methyl sites for hydroxylation is 1. The predicted molar refractivity (Wildman–Crippen MR) is 67.2 cm³/mol. The molecule has 0 fully saturated rings. The molecule has 18 heavy (non-hydrogen) atoms. The van der Waals surface area contributed by atoms with Crippen molar-refractivity contribution in [2.75, 3.05) is 0 Å². The molecule has 0 aliphatic heterocycles. The first-order valence-corrected chi connectivity index (χ1v) is 5.74. The molecule has 0 amide bonds. The van der Waals surface area contributed by atoms with Crippen LogP contribution in [0.5, 0.6) is 0 Å². The lowest BCUT2D eigenvalue weighted by atomic mass is 10.1. The van der Waals surface area contributed by atoms with Gasteiger partial charge < -0.3 is 9.67 Å². The Morgan fingerprint density at radius 1 is 1.33 bits per heavy atom. The van der Waals surface area contributed by atoms with Crippen molar-refractivity contribution < 1.29 is 14.3 Å². The molecule has 0 radical (unpaired) electrons. The van der Waals surface area contributed by atoms with Crippen LogP contribution in [-0.4, -0.2) is 15.6 Å². The maximum absolute atomic E-state index is 13.9. The largest absolute Gasteiger partial charge is 0.477 e.